The van der Waals surface area contributed by atoms with Gasteiger partial charge in [0, 0.05) is 16.3 Å². The third-order valence-corrected chi connectivity index (χ3v) is 4.52. The van der Waals surface area contributed by atoms with Gasteiger partial charge in [-0.05, 0) is 43.7 Å². The second-order valence-corrected chi connectivity index (χ2v) is 6.64. The van der Waals surface area contributed by atoms with Crippen molar-refractivity contribution in [3.05, 3.63) is 69.7 Å². The van der Waals surface area contributed by atoms with Gasteiger partial charge in [-0.2, -0.15) is 4.68 Å². The van der Waals surface area contributed by atoms with Gasteiger partial charge < -0.3 is 14.5 Å². The zero-order chi connectivity index (χ0) is 21.0. The summed E-state index contributed by atoms with van der Waals surface area (Å²) in [4.78, 5) is 36.3. The molecule has 0 saturated heterocycles. The van der Waals surface area contributed by atoms with E-state index in [0.717, 1.165) is 4.68 Å². The Kier molecular flexibility index (Phi) is 6.13. The number of nitrogens with one attached hydrogen (secondary N) is 1. The quantitative estimate of drug-likeness (QED) is 0.620. The van der Waals surface area contributed by atoms with Gasteiger partial charge in [-0.3, -0.25) is 9.59 Å². The number of amides is 1. The van der Waals surface area contributed by atoms with Crippen molar-refractivity contribution in [1.29, 1.82) is 0 Å². The number of nitrogens with zero attached hydrogens (tertiary/aromatic N) is 2. The van der Waals surface area contributed by atoms with Gasteiger partial charge in [0.2, 0.25) is 5.89 Å². The highest BCUT2D eigenvalue weighted by Crippen LogP contribution is 2.23. The maximum Gasteiger partial charge on any atom is 0.437 e. The second kappa shape index (κ2) is 8.74. The Morgan fingerprint density at radius 3 is 2.66 bits per heavy atom. The first-order valence-corrected chi connectivity index (χ1v) is 9.12. The molecule has 0 aliphatic heterocycles. The van der Waals surface area contributed by atoms with Crippen molar-refractivity contribution in [2.75, 3.05) is 5.32 Å². The summed E-state index contributed by atoms with van der Waals surface area (Å²) in [5.74, 6) is -2.04. The van der Waals surface area contributed by atoms with E-state index >= 15 is 0 Å². The van der Waals surface area contributed by atoms with Gasteiger partial charge in [0.05, 0.1) is 0 Å². The highest BCUT2D eigenvalue weighted by atomic mass is 35.5. The van der Waals surface area contributed by atoms with Crippen molar-refractivity contribution in [3.8, 4) is 11.5 Å². The summed E-state index contributed by atoms with van der Waals surface area (Å²) in [5, 5.41) is 7.14. The van der Waals surface area contributed by atoms with Crippen LogP contribution >= 0.6 is 11.6 Å². The molecule has 1 amide bonds. The van der Waals surface area contributed by atoms with Crippen LogP contribution in [0.3, 0.4) is 0 Å². The average molecular weight is 416 g/mol. The summed E-state index contributed by atoms with van der Waals surface area (Å²) in [6, 6.07) is 13.9. The molecule has 0 aliphatic rings. The molecule has 2 aromatic carbocycles. The van der Waals surface area contributed by atoms with E-state index in [4.69, 9.17) is 20.8 Å². The topological polar surface area (TPSA) is 103 Å². The third-order valence-electron chi connectivity index (χ3n) is 4.11. The molecule has 1 atom stereocenters. The highest BCUT2D eigenvalue weighted by Gasteiger charge is 2.21. The highest BCUT2D eigenvalue weighted by molar-refractivity contribution is 6.31. The molecule has 150 valence electrons. The molecule has 1 heterocycles. The van der Waals surface area contributed by atoms with Crippen LogP contribution in [0.4, 0.5) is 5.69 Å². The average Bonchev–Trinajstić information content (AvgIpc) is 3.06. The van der Waals surface area contributed by atoms with Crippen molar-refractivity contribution in [1.82, 2.24) is 9.78 Å². The maximum atomic E-state index is 12.3. The molecule has 3 aromatic rings. The molecule has 0 saturated carbocycles. The number of ether oxygens (including phenoxy) is 1. The largest absolute Gasteiger partial charge is 0.451 e. The van der Waals surface area contributed by atoms with Crippen LogP contribution in [0.5, 0.6) is 0 Å². The normalized spacial score (nSPS) is 11.7. The van der Waals surface area contributed by atoms with E-state index in [1.807, 2.05) is 6.07 Å². The van der Waals surface area contributed by atoms with Gasteiger partial charge in [-0.25, -0.2) is 4.79 Å². The summed E-state index contributed by atoms with van der Waals surface area (Å²) >= 11 is 6.03. The van der Waals surface area contributed by atoms with E-state index in [1.165, 1.54) is 6.92 Å². The standard InChI is InChI=1S/C20H18ClN3O5/c1-12-15(21)9-6-10-16(12)22-18(26)13(2)28-17(25)11-24-20(27)29-19(23-24)14-7-4-3-5-8-14/h3-10,13H,11H2,1-2H3,(H,22,26)/t13-/m1/s1. The predicted octanol–water partition coefficient (Wildman–Crippen LogP) is 3.04. The van der Waals surface area contributed by atoms with Crippen molar-refractivity contribution >= 4 is 29.2 Å². The monoisotopic (exact) mass is 415 g/mol. The molecular weight excluding hydrogens is 398 g/mol. The van der Waals surface area contributed by atoms with Crippen LogP contribution in [0.1, 0.15) is 12.5 Å². The van der Waals surface area contributed by atoms with Gasteiger partial charge in [0.1, 0.15) is 6.54 Å². The third kappa shape index (κ3) is 4.91. The minimum atomic E-state index is -1.09. The minimum absolute atomic E-state index is 0.0885. The number of aromatic nitrogens is 2. The second-order valence-electron chi connectivity index (χ2n) is 6.23. The summed E-state index contributed by atoms with van der Waals surface area (Å²) in [6.07, 6.45) is -1.09. The number of hydrogen-bond donors (Lipinski definition) is 1. The molecule has 29 heavy (non-hydrogen) atoms. The molecule has 0 bridgehead atoms. The van der Waals surface area contributed by atoms with E-state index in [2.05, 4.69) is 10.4 Å². The lowest BCUT2D eigenvalue weighted by Gasteiger charge is -2.15. The Labute approximate surface area is 171 Å². The lowest BCUT2D eigenvalue weighted by molar-refractivity contribution is -0.154. The fourth-order valence-electron chi connectivity index (χ4n) is 2.49. The van der Waals surface area contributed by atoms with Crippen molar-refractivity contribution < 1.29 is 18.7 Å². The Balaban J connectivity index is 1.62. The lowest BCUT2D eigenvalue weighted by Crippen LogP contribution is -2.32. The molecule has 0 unspecified atom stereocenters. The van der Waals surface area contributed by atoms with Crippen LogP contribution < -0.4 is 11.1 Å². The Morgan fingerprint density at radius 1 is 1.21 bits per heavy atom. The molecule has 0 fully saturated rings. The number of carbonyl (C=O) groups is 2. The van der Waals surface area contributed by atoms with Gasteiger partial charge in [-0.1, -0.05) is 35.9 Å². The van der Waals surface area contributed by atoms with Gasteiger partial charge in [-0.15, -0.1) is 5.10 Å². The molecule has 1 aromatic heterocycles. The van der Waals surface area contributed by atoms with Crippen LogP contribution in [0.25, 0.3) is 11.5 Å². The molecule has 3 rings (SSSR count). The molecule has 0 spiro atoms. The Morgan fingerprint density at radius 2 is 1.93 bits per heavy atom. The first-order chi connectivity index (χ1) is 13.8. The molecule has 0 aliphatic carbocycles. The Bertz CT molecular complexity index is 1090. The molecular formula is C20H18ClN3O5. The summed E-state index contributed by atoms with van der Waals surface area (Å²) in [5.41, 5.74) is 1.82. The number of rotatable bonds is 6. The molecule has 0 radical (unpaired) electrons. The van der Waals surface area contributed by atoms with Gasteiger partial charge in [0.15, 0.2) is 6.10 Å². The fourth-order valence-corrected chi connectivity index (χ4v) is 2.67. The molecule has 9 heteroatoms. The fraction of sp³-hybridized carbons (Fsp3) is 0.200. The number of carbonyl (C=O) groups excluding carboxylic acids is 2. The van der Waals surface area contributed by atoms with Crippen LogP contribution in [0.2, 0.25) is 5.02 Å². The first-order valence-electron chi connectivity index (χ1n) is 8.74. The van der Waals surface area contributed by atoms with Gasteiger partial charge in [0.25, 0.3) is 5.91 Å². The maximum absolute atomic E-state index is 12.3. The van der Waals surface area contributed by atoms with Crippen molar-refractivity contribution in [2.24, 2.45) is 0 Å². The van der Waals surface area contributed by atoms with Crippen LogP contribution in [0.15, 0.2) is 57.7 Å². The predicted molar refractivity (Wildman–Crippen MR) is 107 cm³/mol. The van der Waals surface area contributed by atoms with Crippen molar-refractivity contribution in [2.45, 2.75) is 26.5 Å². The number of esters is 1. The van der Waals surface area contributed by atoms with Crippen LogP contribution in [0, 0.1) is 6.92 Å². The van der Waals surface area contributed by atoms with Crippen molar-refractivity contribution in [3.63, 3.8) is 0 Å². The number of hydrogen-bond acceptors (Lipinski definition) is 6. The van der Waals surface area contributed by atoms with Crippen LogP contribution in [-0.2, 0) is 20.9 Å². The Hall–Kier alpha value is -3.39. The molecule has 8 nitrogen and oxygen atoms in total. The summed E-state index contributed by atoms with van der Waals surface area (Å²) < 4.78 is 11.0. The SMILES string of the molecule is Cc1c(Cl)cccc1NC(=O)[C@@H](C)OC(=O)Cn1nc(-c2ccccc2)oc1=O. The minimum Gasteiger partial charge on any atom is -0.451 e. The first kappa shape index (κ1) is 20.3. The van der Waals surface area contributed by atoms with E-state index < -0.39 is 30.3 Å². The number of benzene rings is 2. The summed E-state index contributed by atoms with van der Waals surface area (Å²) in [6.45, 7) is 2.70. The van der Waals surface area contributed by atoms with Crippen LogP contribution in [-0.4, -0.2) is 27.8 Å². The van der Waals surface area contributed by atoms with E-state index in [9.17, 15) is 14.4 Å². The number of anilines is 1. The zero-order valence-corrected chi connectivity index (χ0v) is 16.5. The molecule has 1 N–H and O–H groups in total. The van der Waals surface area contributed by atoms with E-state index in [-0.39, 0.29) is 5.89 Å². The smallest absolute Gasteiger partial charge is 0.437 e. The van der Waals surface area contributed by atoms with E-state index in [1.54, 1.807) is 49.4 Å². The zero-order valence-electron chi connectivity index (χ0n) is 15.7. The number of halogens is 1. The lowest BCUT2D eigenvalue weighted by atomic mass is 10.2. The van der Waals surface area contributed by atoms with Gasteiger partial charge >= 0.3 is 11.7 Å². The summed E-state index contributed by atoms with van der Waals surface area (Å²) in [7, 11) is 0. The van der Waals surface area contributed by atoms with E-state index in [0.29, 0.717) is 21.8 Å².